The highest BCUT2D eigenvalue weighted by atomic mass is 79.9. The number of carbonyl (C=O) groups excluding carboxylic acids is 1. The fourth-order valence-corrected chi connectivity index (χ4v) is 9.61. The van der Waals surface area contributed by atoms with Crippen LogP contribution in [-0.4, -0.2) is 111 Å². The van der Waals surface area contributed by atoms with Crippen LogP contribution >= 0.6 is 66.4 Å². The molecular formula is C54H54Br2Cl2N12O4S. The van der Waals surface area contributed by atoms with Crippen molar-refractivity contribution in [1.29, 1.82) is 0 Å². The van der Waals surface area contributed by atoms with Crippen molar-refractivity contribution in [2.45, 2.75) is 38.4 Å². The van der Waals surface area contributed by atoms with Gasteiger partial charge in [0.2, 0.25) is 10.6 Å². The van der Waals surface area contributed by atoms with E-state index in [-0.39, 0.29) is 16.4 Å². The summed E-state index contributed by atoms with van der Waals surface area (Å²) in [6.45, 7) is 6.99. The molecule has 75 heavy (non-hydrogen) atoms. The SMILES string of the molecule is CC(=O)c1cc2ccc(Br)cc2[nH]1.CN1CCC(N)C1.Clc1nccc(Nc2ccc(C3=CCN=C3)cc2)n1.Clc1nccc(Nc2ccc3c(c2)C=NC3)n1.NC1CCOC1.O=C(O)c1cc2ccc(Br)cc2s1. The predicted molar refractivity (Wildman–Crippen MR) is 312 cm³/mol. The molecule has 0 radical (unpaired) electrons. The lowest BCUT2D eigenvalue weighted by Gasteiger charge is -2.06. The molecule has 2 saturated heterocycles. The number of anilines is 4. The van der Waals surface area contributed by atoms with E-state index in [1.165, 1.54) is 29.9 Å². The van der Waals surface area contributed by atoms with Crippen molar-refractivity contribution in [2.75, 3.05) is 50.5 Å². The van der Waals surface area contributed by atoms with Crippen LogP contribution in [0.15, 0.2) is 141 Å². The lowest BCUT2D eigenvalue weighted by atomic mass is 10.1. The smallest absolute Gasteiger partial charge is 0.345 e. The number of likely N-dealkylation sites (N-methyl/N-ethyl adjacent to an activating group) is 1. The Balaban J connectivity index is 0.000000136. The van der Waals surface area contributed by atoms with E-state index in [1.807, 2.05) is 91.3 Å². The number of Topliss-reactive ketones (excluding diaryl/α,β-unsaturated/α-hetero) is 1. The molecule has 0 amide bonds. The highest BCUT2D eigenvalue weighted by Gasteiger charge is 2.14. The molecule has 21 heteroatoms. The summed E-state index contributed by atoms with van der Waals surface area (Å²) in [6, 6.07) is 33.7. The molecule has 2 fully saturated rings. The number of aromatic carboxylic acids is 1. The van der Waals surface area contributed by atoms with Crippen LogP contribution in [0.2, 0.25) is 10.6 Å². The zero-order chi connectivity index (χ0) is 53.3. The Kier molecular flexibility index (Phi) is 21.1. The molecule has 388 valence electrons. The number of benzene rings is 4. The lowest BCUT2D eigenvalue weighted by molar-refractivity contribution is 0.0702. The van der Waals surface area contributed by atoms with E-state index >= 15 is 0 Å². The third kappa shape index (κ3) is 17.9. The summed E-state index contributed by atoms with van der Waals surface area (Å²) in [5.74, 6) is 0.555. The number of aliphatic imine (C=N–C) groups is 2. The zero-order valence-electron chi connectivity index (χ0n) is 40.9. The van der Waals surface area contributed by atoms with Crippen molar-refractivity contribution < 1.29 is 19.4 Å². The topological polar surface area (TPSA) is 235 Å². The van der Waals surface area contributed by atoms with Crippen molar-refractivity contribution >= 4 is 140 Å². The van der Waals surface area contributed by atoms with Crippen LogP contribution in [0.1, 0.15) is 56.6 Å². The van der Waals surface area contributed by atoms with Gasteiger partial charge in [0.05, 0.1) is 25.4 Å². The first kappa shape index (κ1) is 56.5. The van der Waals surface area contributed by atoms with Crippen molar-refractivity contribution in [1.82, 2.24) is 29.8 Å². The maximum Gasteiger partial charge on any atom is 0.345 e. The fourth-order valence-electron chi connectivity index (χ4n) is 7.50. The number of hydrogen-bond donors (Lipinski definition) is 6. The van der Waals surface area contributed by atoms with Gasteiger partial charge in [-0.25, -0.2) is 24.7 Å². The molecule has 4 aliphatic rings. The van der Waals surface area contributed by atoms with Crippen molar-refractivity contribution in [3.05, 3.63) is 168 Å². The molecular weight excluding hydrogens is 1140 g/mol. The monoisotopic (exact) mass is 1190 g/mol. The first-order valence-corrected chi connectivity index (χ1v) is 26.7. The zero-order valence-corrected chi connectivity index (χ0v) is 46.4. The number of rotatable bonds is 7. The molecule has 0 bridgehead atoms. The number of aromatic nitrogens is 5. The minimum atomic E-state index is -0.864. The molecule has 8 heterocycles. The van der Waals surface area contributed by atoms with Crippen molar-refractivity contribution in [3.63, 3.8) is 0 Å². The number of nitrogens with one attached hydrogen (secondary N) is 3. The van der Waals surface area contributed by atoms with Gasteiger partial charge in [0.1, 0.15) is 16.5 Å². The predicted octanol–water partition coefficient (Wildman–Crippen LogP) is 12.0. The Hall–Kier alpha value is -6.26. The van der Waals surface area contributed by atoms with Gasteiger partial charge in [-0.2, -0.15) is 0 Å². The summed E-state index contributed by atoms with van der Waals surface area (Å²) in [5, 5.41) is 17.6. The molecule has 4 aliphatic heterocycles. The Labute approximate surface area is 465 Å². The summed E-state index contributed by atoms with van der Waals surface area (Å²) >= 11 is 19.5. The minimum absolute atomic E-state index is 0.0623. The number of allylic oxidation sites excluding steroid dienone is 1. The largest absolute Gasteiger partial charge is 0.477 e. The minimum Gasteiger partial charge on any atom is -0.477 e. The van der Waals surface area contributed by atoms with E-state index in [9.17, 15) is 9.59 Å². The van der Waals surface area contributed by atoms with E-state index in [2.05, 4.69) is 101 Å². The molecule has 16 nitrogen and oxygen atoms in total. The molecule has 2 unspecified atom stereocenters. The average molecular weight is 1200 g/mol. The first-order chi connectivity index (χ1) is 36.1. The molecule has 8 aromatic rings. The summed E-state index contributed by atoms with van der Waals surface area (Å²) in [6.07, 6.45) is 11.3. The number of aromatic amines is 1. The molecule has 4 aromatic heterocycles. The standard InChI is InChI=1S/C14H11ClN4.C12H9ClN4.C10H8BrNO.C9H5BrO2S.C5H12N2.C4H9NO/c15-14-17-8-6-13(19-14)18-12-3-1-10(2-4-12)11-5-7-16-9-11;13-12-15-4-3-11(17-12)16-10-2-1-8-6-14-7-9(8)5-10;1-6(13)9-4-7-2-3-8(11)5-10(7)12-9;10-6-2-1-5-3-8(9(11)12)13-7(5)4-6;1-7-3-2-5(6)4-7;5-4-1-2-6-3-4/h1-6,8-9H,7H2,(H,17,18,19);1-5,7H,6H2,(H,15,16,17);2-5,12H,1H3;1-4H,(H,11,12);5H,2-4,6H2,1H3;4H,1-3,5H2. The maximum absolute atomic E-state index is 11.1. The number of likely N-dealkylation sites (tertiary alicyclic amines) is 1. The summed E-state index contributed by atoms with van der Waals surface area (Å²) in [7, 11) is 2.10. The second kappa shape index (κ2) is 28.0. The third-order valence-electron chi connectivity index (χ3n) is 11.3. The lowest BCUT2D eigenvalue weighted by Crippen LogP contribution is -2.23. The number of ketones is 1. The summed E-state index contributed by atoms with van der Waals surface area (Å²) < 4.78 is 7.91. The van der Waals surface area contributed by atoms with E-state index in [1.54, 1.807) is 37.5 Å². The number of nitrogens with zero attached hydrogens (tertiary/aromatic N) is 7. The van der Waals surface area contributed by atoms with Gasteiger partial charge in [0, 0.05) is 92.9 Å². The fraction of sp³-hybridized carbons (Fsp3) is 0.222. The molecule has 2 atom stereocenters. The Morgan fingerprint density at radius 1 is 0.800 bits per heavy atom. The van der Waals surface area contributed by atoms with Gasteiger partial charge in [-0.15, -0.1) is 11.3 Å². The number of nitrogens with two attached hydrogens (primary N) is 2. The van der Waals surface area contributed by atoms with E-state index in [0.717, 1.165) is 97.3 Å². The van der Waals surface area contributed by atoms with Gasteiger partial charge in [-0.1, -0.05) is 68.3 Å². The molecule has 0 saturated carbocycles. The normalized spacial score (nSPS) is 15.9. The summed E-state index contributed by atoms with van der Waals surface area (Å²) in [5.41, 5.74) is 19.3. The van der Waals surface area contributed by atoms with Crippen LogP contribution in [-0.2, 0) is 11.3 Å². The Morgan fingerprint density at radius 2 is 1.48 bits per heavy atom. The van der Waals surface area contributed by atoms with E-state index in [4.69, 9.17) is 44.5 Å². The van der Waals surface area contributed by atoms with Gasteiger partial charge >= 0.3 is 5.97 Å². The molecule has 12 rings (SSSR count). The number of halogens is 4. The van der Waals surface area contributed by atoms with Gasteiger partial charge in [-0.3, -0.25) is 14.8 Å². The van der Waals surface area contributed by atoms with Crippen LogP contribution in [0.25, 0.3) is 26.6 Å². The Bertz CT molecular complexity index is 3210. The first-order valence-electron chi connectivity index (χ1n) is 23.6. The quantitative estimate of drug-likeness (QED) is 0.0644. The summed E-state index contributed by atoms with van der Waals surface area (Å²) in [4.78, 5) is 51.6. The average Bonchev–Trinajstić information content (AvgIpc) is 4.26. The number of carboxylic acid groups (broad SMARTS) is 1. The molecule has 8 N–H and O–H groups in total. The maximum atomic E-state index is 11.1. The number of carboxylic acids is 1. The van der Waals surface area contributed by atoms with Gasteiger partial charge in [0.15, 0.2) is 5.78 Å². The van der Waals surface area contributed by atoms with Gasteiger partial charge in [-0.05, 0) is 150 Å². The number of fused-ring (bicyclic) bond motifs is 3. The van der Waals surface area contributed by atoms with Crippen molar-refractivity contribution in [2.24, 2.45) is 21.5 Å². The van der Waals surface area contributed by atoms with E-state index in [0.29, 0.717) is 34.3 Å². The number of ether oxygens (including phenoxy) is 1. The van der Waals surface area contributed by atoms with Crippen molar-refractivity contribution in [3.8, 4) is 0 Å². The molecule has 0 aliphatic carbocycles. The Morgan fingerprint density at radius 3 is 2.04 bits per heavy atom. The second-order valence-electron chi connectivity index (χ2n) is 17.3. The number of carbonyl (C=O) groups is 2. The second-order valence-corrected chi connectivity index (χ2v) is 20.9. The highest BCUT2D eigenvalue weighted by Crippen LogP contribution is 2.29. The van der Waals surface area contributed by atoms with Crippen LogP contribution in [0.5, 0.6) is 0 Å². The van der Waals surface area contributed by atoms with E-state index < -0.39 is 5.97 Å². The number of H-pyrrole nitrogens is 1. The van der Waals surface area contributed by atoms with Crippen LogP contribution < -0.4 is 22.1 Å². The number of thiophene rings is 1. The third-order valence-corrected chi connectivity index (χ3v) is 13.8. The van der Waals surface area contributed by atoms with Crippen LogP contribution in [0.3, 0.4) is 0 Å². The molecule has 0 spiro atoms. The highest BCUT2D eigenvalue weighted by molar-refractivity contribution is 9.10. The van der Waals surface area contributed by atoms with Gasteiger partial charge < -0.3 is 41.8 Å². The molecule has 4 aromatic carbocycles. The van der Waals surface area contributed by atoms with Crippen LogP contribution in [0.4, 0.5) is 23.0 Å². The number of hydrogen-bond acceptors (Lipinski definition) is 15. The van der Waals surface area contributed by atoms with Gasteiger partial charge in [0.25, 0.3) is 0 Å². The van der Waals surface area contributed by atoms with Crippen LogP contribution in [0, 0.1) is 0 Å².